The van der Waals surface area contributed by atoms with Crippen molar-refractivity contribution in [2.24, 2.45) is 5.92 Å². The molecule has 0 radical (unpaired) electrons. The van der Waals surface area contributed by atoms with Gasteiger partial charge in [0.05, 0.1) is 0 Å². The lowest BCUT2D eigenvalue weighted by Gasteiger charge is -2.23. The Balaban J connectivity index is 2.13. The zero-order valence-electron chi connectivity index (χ0n) is 12.0. The minimum Gasteiger partial charge on any atom is -0.306 e. The summed E-state index contributed by atoms with van der Waals surface area (Å²) in [5.74, 6) is 0.187. The lowest BCUT2D eigenvalue weighted by Crippen LogP contribution is -2.25. The molecule has 2 aromatic carbocycles. The fraction of sp³-hybridized carbons (Fsp3) is 0.294. The molecule has 0 spiro atoms. The summed E-state index contributed by atoms with van der Waals surface area (Å²) in [5, 5.41) is 4.25. The van der Waals surface area contributed by atoms with Crippen molar-refractivity contribution in [1.82, 2.24) is 5.32 Å². The first kappa shape index (κ1) is 16.5. The first-order valence-electron chi connectivity index (χ1n) is 6.90. The van der Waals surface area contributed by atoms with E-state index in [1.165, 1.54) is 12.1 Å². The molecule has 1 atom stereocenters. The molecule has 0 saturated heterocycles. The molecule has 0 aliphatic carbocycles. The first-order chi connectivity index (χ1) is 9.97. The summed E-state index contributed by atoms with van der Waals surface area (Å²) >= 11 is 9.57. The third-order valence-corrected chi connectivity index (χ3v) is 4.42. The van der Waals surface area contributed by atoms with Crippen LogP contribution in [-0.4, -0.2) is 0 Å². The van der Waals surface area contributed by atoms with Gasteiger partial charge in [-0.1, -0.05) is 53.5 Å². The van der Waals surface area contributed by atoms with Crippen LogP contribution >= 0.6 is 27.5 Å². The molecule has 1 nitrogen and oxygen atoms in total. The van der Waals surface area contributed by atoms with Gasteiger partial charge in [-0.25, -0.2) is 4.39 Å². The molecule has 21 heavy (non-hydrogen) atoms. The van der Waals surface area contributed by atoms with Crippen LogP contribution in [0.2, 0.25) is 5.02 Å². The Bertz CT molecular complexity index is 598. The van der Waals surface area contributed by atoms with E-state index in [2.05, 4.69) is 35.1 Å². The molecule has 1 N–H and O–H groups in total. The highest BCUT2D eigenvalue weighted by molar-refractivity contribution is 9.10. The van der Waals surface area contributed by atoms with E-state index in [1.807, 2.05) is 30.3 Å². The number of benzene rings is 2. The zero-order chi connectivity index (χ0) is 15.4. The Hall–Kier alpha value is -0.900. The van der Waals surface area contributed by atoms with E-state index < -0.39 is 0 Å². The van der Waals surface area contributed by atoms with Gasteiger partial charge in [-0.15, -0.1) is 0 Å². The summed E-state index contributed by atoms with van der Waals surface area (Å²) in [4.78, 5) is 0. The van der Waals surface area contributed by atoms with Gasteiger partial charge in [0.15, 0.2) is 0 Å². The average molecular weight is 371 g/mol. The summed E-state index contributed by atoms with van der Waals surface area (Å²) in [6.45, 7) is 4.99. The first-order valence-corrected chi connectivity index (χ1v) is 8.07. The lowest BCUT2D eigenvalue weighted by molar-refractivity contribution is 0.410. The second kappa shape index (κ2) is 7.39. The average Bonchev–Trinajstić information content (AvgIpc) is 2.44. The molecule has 0 aromatic heterocycles. The third-order valence-electron chi connectivity index (χ3n) is 3.42. The van der Waals surface area contributed by atoms with Crippen molar-refractivity contribution in [3.05, 3.63) is 68.9 Å². The fourth-order valence-electron chi connectivity index (χ4n) is 2.31. The Labute approximate surface area is 138 Å². The zero-order valence-corrected chi connectivity index (χ0v) is 14.4. The van der Waals surface area contributed by atoms with Gasteiger partial charge in [0.25, 0.3) is 0 Å². The maximum Gasteiger partial charge on any atom is 0.123 e. The predicted octanol–water partition coefficient (Wildman–Crippen LogP) is 5.73. The number of halogens is 3. The van der Waals surface area contributed by atoms with Crippen molar-refractivity contribution in [3.63, 3.8) is 0 Å². The number of rotatable bonds is 5. The van der Waals surface area contributed by atoms with Gasteiger partial charge in [0, 0.05) is 22.1 Å². The van der Waals surface area contributed by atoms with Gasteiger partial charge in [0.1, 0.15) is 5.82 Å². The fourth-order valence-corrected chi connectivity index (χ4v) is 2.89. The van der Waals surface area contributed by atoms with Gasteiger partial charge >= 0.3 is 0 Å². The standard InChI is InChI=1S/C17H18BrClFN/c1-11(2)17(12-3-6-15(20)7-4-12)21-10-13-9-14(19)5-8-16(13)18/h3-9,11,17,21H,10H2,1-2H3. The molecule has 112 valence electrons. The Kier molecular flexibility index (Phi) is 5.80. The smallest absolute Gasteiger partial charge is 0.123 e. The van der Waals surface area contributed by atoms with Crippen molar-refractivity contribution in [2.75, 3.05) is 0 Å². The highest BCUT2D eigenvalue weighted by Gasteiger charge is 2.15. The van der Waals surface area contributed by atoms with Crippen LogP contribution in [0.1, 0.15) is 31.0 Å². The highest BCUT2D eigenvalue weighted by atomic mass is 79.9. The van der Waals surface area contributed by atoms with E-state index in [0.717, 1.165) is 20.6 Å². The molecule has 0 amide bonds. The van der Waals surface area contributed by atoms with E-state index >= 15 is 0 Å². The number of nitrogens with one attached hydrogen (secondary N) is 1. The van der Waals surface area contributed by atoms with Gasteiger partial charge < -0.3 is 5.32 Å². The van der Waals surface area contributed by atoms with Crippen LogP contribution in [0.5, 0.6) is 0 Å². The SMILES string of the molecule is CC(C)C(NCc1cc(Cl)ccc1Br)c1ccc(F)cc1. The van der Waals surface area contributed by atoms with Gasteiger partial charge in [-0.2, -0.15) is 0 Å². The lowest BCUT2D eigenvalue weighted by atomic mass is 9.95. The quantitative estimate of drug-likeness (QED) is 0.709. The molecule has 0 aliphatic rings. The van der Waals surface area contributed by atoms with Crippen LogP contribution in [0, 0.1) is 11.7 Å². The minimum atomic E-state index is -0.209. The maximum absolute atomic E-state index is 13.1. The third kappa shape index (κ3) is 4.53. The van der Waals surface area contributed by atoms with E-state index in [4.69, 9.17) is 11.6 Å². The molecule has 0 bridgehead atoms. The molecule has 2 rings (SSSR count). The van der Waals surface area contributed by atoms with E-state index in [9.17, 15) is 4.39 Å². The minimum absolute atomic E-state index is 0.163. The van der Waals surface area contributed by atoms with Crippen LogP contribution in [0.3, 0.4) is 0 Å². The summed E-state index contributed by atoms with van der Waals surface area (Å²) < 4.78 is 14.1. The monoisotopic (exact) mass is 369 g/mol. The Morgan fingerprint density at radius 1 is 1.14 bits per heavy atom. The molecule has 0 saturated carbocycles. The van der Waals surface area contributed by atoms with Crippen LogP contribution in [0.25, 0.3) is 0 Å². The van der Waals surface area contributed by atoms with Crippen LogP contribution < -0.4 is 5.32 Å². The van der Waals surface area contributed by atoms with Crippen LogP contribution in [0.15, 0.2) is 46.9 Å². The molecule has 1 unspecified atom stereocenters. The molecule has 4 heteroatoms. The van der Waals surface area contributed by atoms with E-state index in [0.29, 0.717) is 12.5 Å². The normalized spacial score (nSPS) is 12.7. The Morgan fingerprint density at radius 3 is 2.43 bits per heavy atom. The molecular formula is C17H18BrClFN. The summed E-state index contributed by atoms with van der Waals surface area (Å²) in [7, 11) is 0. The molecule has 0 heterocycles. The van der Waals surface area contributed by atoms with Gasteiger partial charge in [-0.05, 0) is 47.4 Å². The van der Waals surface area contributed by atoms with E-state index in [1.54, 1.807) is 0 Å². The van der Waals surface area contributed by atoms with Crippen LogP contribution in [-0.2, 0) is 6.54 Å². The molecule has 2 aromatic rings. The number of hydrogen-bond acceptors (Lipinski definition) is 1. The maximum atomic E-state index is 13.1. The summed E-state index contributed by atoms with van der Waals surface area (Å²) in [6, 6.07) is 12.6. The highest BCUT2D eigenvalue weighted by Crippen LogP contribution is 2.25. The van der Waals surface area contributed by atoms with E-state index in [-0.39, 0.29) is 11.9 Å². The molecular weight excluding hydrogens is 353 g/mol. The topological polar surface area (TPSA) is 12.0 Å². The Morgan fingerprint density at radius 2 is 1.81 bits per heavy atom. The van der Waals surface area contributed by atoms with Crippen LogP contribution in [0.4, 0.5) is 4.39 Å². The van der Waals surface area contributed by atoms with Crippen molar-refractivity contribution in [2.45, 2.75) is 26.4 Å². The van der Waals surface area contributed by atoms with Gasteiger partial charge in [-0.3, -0.25) is 0 Å². The second-order valence-corrected chi connectivity index (χ2v) is 6.68. The molecule has 0 fully saturated rings. The van der Waals surface area contributed by atoms with Crippen molar-refractivity contribution >= 4 is 27.5 Å². The van der Waals surface area contributed by atoms with Crippen molar-refractivity contribution in [3.8, 4) is 0 Å². The predicted molar refractivity (Wildman–Crippen MR) is 90.0 cm³/mol. The number of hydrogen-bond donors (Lipinski definition) is 1. The van der Waals surface area contributed by atoms with Gasteiger partial charge in [0.2, 0.25) is 0 Å². The summed E-state index contributed by atoms with van der Waals surface area (Å²) in [5.41, 5.74) is 2.19. The summed E-state index contributed by atoms with van der Waals surface area (Å²) in [6.07, 6.45) is 0. The van der Waals surface area contributed by atoms with Crippen molar-refractivity contribution in [1.29, 1.82) is 0 Å². The molecule has 0 aliphatic heterocycles. The largest absolute Gasteiger partial charge is 0.306 e. The second-order valence-electron chi connectivity index (χ2n) is 5.39. The van der Waals surface area contributed by atoms with Crippen molar-refractivity contribution < 1.29 is 4.39 Å².